The third-order valence-electron chi connectivity index (χ3n) is 3.92. The van der Waals surface area contributed by atoms with Crippen molar-refractivity contribution in [2.75, 3.05) is 0 Å². The van der Waals surface area contributed by atoms with Crippen LogP contribution >= 0.6 is 0 Å². The molecule has 0 aliphatic carbocycles. The zero-order valence-electron chi connectivity index (χ0n) is 12.4. The Kier molecular flexibility index (Phi) is 3.98. The largest absolute Gasteiger partial charge is 0.384 e. The maximum Gasteiger partial charge on any atom is 0.101 e. The SMILES string of the molecule is C[C@](O)(c1cccnc1)[C@@H](c1ccccc1)c1ccccn1. The molecule has 0 saturated carbocycles. The molecule has 3 heteroatoms. The summed E-state index contributed by atoms with van der Waals surface area (Å²) in [6.45, 7) is 1.82. The summed E-state index contributed by atoms with van der Waals surface area (Å²) in [7, 11) is 0. The lowest BCUT2D eigenvalue weighted by Crippen LogP contribution is -2.31. The van der Waals surface area contributed by atoms with Gasteiger partial charge in [-0.1, -0.05) is 42.5 Å². The molecule has 3 rings (SSSR count). The van der Waals surface area contributed by atoms with Crippen molar-refractivity contribution in [1.29, 1.82) is 0 Å². The molecule has 0 amide bonds. The van der Waals surface area contributed by atoms with E-state index in [2.05, 4.69) is 9.97 Å². The van der Waals surface area contributed by atoms with E-state index in [0.29, 0.717) is 0 Å². The number of nitrogens with zero attached hydrogens (tertiary/aromatic N) is 2. The van der Waals surface area contributed by atoms with E-state index in [4.69, 9.17) is 0 Å². The Morgan fingerprint density at radius 1 is 0.909 bits per heavy atom. The normalized spacial score (nSPS) is 15.0. The molecule has 0 fully saturated rings. The predicted octanol–water partition coefficient (Wildman–Crippen LogP) is 3.52. The molecule has 0 aliphatic rings. The molecule has 0 spiro atoms. The highest BCUT2D eigenvalue weighted by molar-refractivity contribution is 5.36. The topological polar surface area (TPSA) is 46.0 Å². The van der Waals surface area contributed by atoms with Crippen LogP contribution < -0.4 is 0 Å². The van der Waals surface area contributed by atoms with Gasteiger partial charge in [0, 0.05) is 24.2 Å². The second kappa shape index (κ2) is 6.08. The summed E-state index contributed by atoms with van der Waals surface area (Å²) in [4.78, 5) is 8.61. The van der Waals surface area contributed by atoms with Crippen molar-refractivity contribution in [3.63, 3.8) is 0 Å². The number of aliphatic hydroxyl groups is 1. The lowest BCUT2D eigenvalue weighted by molar-refractivity contribution is 0.0377. The number of benzene rings is 1. The summed E-state index contributed by atoms with van der Waals surface area (Å²) >= 11 is 0. The van der Waals surface area contributed by atoms with Gasteiger partial charge in [0.1, 0.15) is 5.60 Å². The molecule has 3 nitrogen and oxygen atoms in total. The van der Waals surface area contributed by atoms with E-state index >= 15 is 0 Å². The van der Waals surface area contributed by atoms with Gasteiger partial charge < -0.3 is 5.11 Å². The molecule has 110 valence electrons. The Bertz CT molecular complexity index is 673. The Morgan fingerprint density at radius 2 is 1.68 bits per heavy atom. The average Bonchev–Trinajstić information content (AvgIpc) is 2.58. The molecule has 3 aromatic rings. The van der Waals surface area contributed by atoms with Crippen LogP contribution in [0.4, 0.5) is 0 Å². The highest BCUT2D eigenvalue weighted by Crippen LogP contribution is 2.40. The molecule has 1 N–H and O–H groups in total. The zero-order valence-corrected chi connectivity index (χ0v) is 12.4. The first-order valence-electron chi connectivity index (χ1n) is 7.28. The van der Waals surface area contributed by atoms with Crippen LogP contribution in [0.1, 0.15) is 29.7 Å². The van der Waals surface area contributed by atoms with E-state index in [1.165, 1.54) is 0 Å². The van der Waals surface area contributed by atoms with Crippen molar-refractivity contribution in [1.82, 2.24) is 9.97 Å². The molecule has 0 bridgehead atoms. The second-order valence-corrected chi connectivity index (χ2v) is 5.49. The fraction of sp³-hybridized carbons (Fsp3) is 0.158. The van der Waals surface area contributed by atoms with Gasteiger partial charge in [0.25, 0.3) is 0 Å². The minimum atomic E-state index is -1.11. The van der Waals surface area contributed by atoms with Crippen LogP contribution in [0.5, 0.6) is 0 Å². The molecule has 1 aromatic carbocycles. The lowest BCUT2D eigenvalue weighted by Gasteiger charge is -2.33. The number of hydrogen-bond acceptors (Lipinski definition) is 3. The lowest BCUT2D eigenvalue weighted by atomic mass is 9.77. The summed E-state index contributed by atoms with van der Waals surface area (Å²) in [6.07, 6.45) is 5.17. The molecule has 22 heavy (non-hydrogen) atoms. The van der Waals surface area contributed by atoms with Crippen LogP contribution in [0.2, 0.25) is 0 Å². The quantitative estimate of drug-likeness (QED) is 0.799. The Balaban J connectivity index is 2.14. The molecule has 0 unspecified atom stereocenters. The van der Waals surface area contributed by atoms with Crippen LogP contribution in [0.3, 0.4) is 0 Å². The van der Waals surface area contributed by atoms with E-state index in [0.717, 1.165) is 16.8 Å². The Hall–Kier alpha value is -2.52. The Morgan fingerprint density at radius 3 is 2.32 bits per heavy atom. The summed E-state index contributed by atoms with van der Waals surface area (Å²) in [5, 5.41) is 11.3. The highest BCUT2D eigenvalue weighted by atomic mass is 16.3. The van der Waals surface area contributed by atoms with Gasteiger partial charge in [-0.3, -0.25) is 9.97 Å². The summed E-state index contributed by atoms with van der Waals surface area (Å²) in [6, 6.07) is 19.5. The maximum atomic E-state index is 11.3. The number of aromatic nitrogens is 2. The van der Waals surface area contributed by atoms with Crippen LogP contribution in [0.15, 0.2) is 79.3 Å². The zero-order chi connectivity index (χ0) is 15.4. The van der Waals surface area contributed by atoms with Crippen LogP contribution in [0.25, 0.3) is 0 Å². The van der Waals surface area contributed by atoms with E-state index in [1.807, 2.05) is 67.6 Å². The highest BCUT2D eigenvalue weighted by Gasteiger charge is 2.37. The molecular formula is C19H18N2O. The van der Waals surface area contributed by atoms with E-state index in [1.54, 1.807) is 18.6 Å². The van der Waals surface area contributed by atoms with Crippen molar-refractivity contribution in [2.45, 2.75) is 18.4 Å². The van der Waals surface area contributed by atoms with Gasteiger partial charge in [0.15, 0.2) is 0 Å². The predicted molar refractivity (Wildman–Crippen MR) is 86.3 cm³/mol. The monoisotopic (exact) mass is 290 g/mol. The van der Waals surface area contributed by atoms with Gasteiger partial charge in [0.2, 0.25) is 0 Å². The van der Waals surface area contributed by atoms with Gasteiger partial charge in [-0.15, -0.1) is 0 Å². The van der Waals surface area contributed by atoms with Gasteiger partial charge in [0.05, 0.1) is 11.6 Å². The van der Waals surface area contributed by atoms with E-state index < -0.39 is 5.60 Å². The minimum absolute atomic E-state index is 0.265. The number of rotatable bonds is 4. The summed E-state index contributed by atoms with van der Waals surface area (Å²) in [5.41, 5.74) is 1.52. The maximum absolute atomic E-state index is 11.3. The third kappa shape index (κ3) is 2.76. The van der Waals surface area contributed by atoms with Crippen molar-refractivity contribution >= 4 is 0 Å². The third-order valence-corrected chi connectivity index (χ3v) is 3.92. The van der Waals surface area contributed by atoms with Gasteiger partial charge in [-0.05, 0) is 30.7 Å². The average molecular weight is 290 g/mol. The van der Waals surface area contributed by atoms with Gasteiger partial charge in [-0.2, -0.15) is 0 Å². The van der Waals surface area contributed by atoms with Gasteiger partial charge >= 0.3 is 0 Å². The first-order valence-corrected chi connectivity index (χ1v) is 7.28. The molecule has 0 radical (unpaired) electrons. The first kappa shape index (κ1) is 14.4. The number of pyridine rings is 2. The van der Waals surface area contributed by atoms with Crippen molar-refractivity contribution in [3.05, 3.63) is 96.1 Å². The number of hydrogen-bond donors (Lipinski definition) is 1. The molecule has 2 aromatic heterocycles. The fourth-order valence-corrected chi connectivity index (χ4v) is 2.80. The van der Waals surface area contributed by atoms with Crippen molar-refractivity contribution in [3.8, 4) is 0 Å². The van der Waals surface area contributed by atoms with E-state index in [-0.39, 0.29) is 5.92 Å². The van der Waals surface area contributed by atoms with Crippen molar-refractivity contribution in [2.24, 2.45) is 0 Å². The van der Waals surface area contributed by atoms with Crippen LogP contribution in [0, 0.1) is 0 Å². The smallest absolute Gasteiger partial charge is 0.101 e. The Labute approximate surface area is 130 Å². The molecule has 2 heterocycles. The molecule has 0 saturated heterocycles. The van der Waals surface area contributed by atoms with Crippen LogP contribution in [-0.4, -0.2) is 15.1 Å². The van der Waals surface area contributed by atoms with Crippen molar-refractivity contribution < 1.29 is 5.11 Å². The van der Waals surface area contributed by atoms with E-state index in [9.17, 15) is 5.11 Å². The second-order valence-electron chi connectivity index (χ2n) is 5.49. The van der Waals surface area contributed by atoms with Crippen LogP contribution in [-0.2, 0) is 5.60 Å². The summed E-state index contributed by atoms with van der Waals surface area (Å²) < 4.78 is 0. The molecule has 0 aliphatic heterocycles. The fourth-order valence-electron chi connectivity index (χ4n) is 2.80. The first-order chi connectivity index (χ1) is 10.7. The molecule has 2 atom stereocenters. The van der Waals surface area contributed by atoms with Gasteiger partial charge in [-0.25, -0.2) is 0 Å². The summed E-state index contributed by atoms with van der Waals surface area (Å²) in [5.74, 6) is -0.265. The standard InChI is InChI=1S/C19H18N2O/c1-19(22,16-10-7-12-20-14-16)18(15-8-3-2-4-9-15)17-11-5-6-13-21-17/h2-14,18,22H,1H3/t18-,19-/m0/s1. The molecular weight excluding hydrogens is 272 g/mol. The minimum Gasteiger partial charge on any atom is -0.384 e.